The molecule has 0 unspecified atom stereocenters. The Morgan fingerprint density at radius 2 is 2.04 bits per heavy atom. The van der Waals surface area contributed by atoms with Crippen LogP contribution in [0, 0.1) is 0 Å². The van der Waals surface area contributed by atoms with Gasteiger partial charge in [0.2, 0.25) is 5.91 Å². The fourth-order valence-corrected chi connectivity index (χ4v) is 3.19. The molecule has 0 spiro atoms. The molecule has 5 nitrogen and oxygen atoms in total. The second-order valence-corrected chi connectivity index (χ2v) is 6.79. The van der Waals surface area contributed by atoms with Gasteiger partial charge in [0.1, 0.15) is 5.75 Å². The van der Waals surface area contributed by atoms with Gasteiger partial charge >= 0.3 is 0 Å². The summed E-state index contributed by atoms with van der Waals surface area (Å²) in [5, 5.41) is 2.89. The SMILES string of the molecule is C[C@@H]1Oc2ccccc2N(CCC(=O)NCc2cccc(Br)c2)C1=O. The van der Waals surface area contributed by atoms with Gasteiger partial charge in [-0.05, 0) is 36.8 Å². The maximum Gasteiger partial charge on any atom is 0.267 e. The second-order valence-electron chi connectivity index (χ2n) is 5.87. The van der Waals surface area contributed by atoms with E-state index in [-0.39, 0.29) is 18.2 Å². The van der Waals surface area contributed by atoms with Crippen LogP contribution in [0.15, 0.2) is 53.0 Å². The van der Waals surface area contributed by atoms with Gasteiger partial charge in [0.25, 0.3) is 5.91 Å². The van der Waals surface area contributed by atoms with Crippen LogP contribution in [0.1, 0.15) is 18.9 Å². The topological polar surface area (TPSA) is 58.6 Å². The highest BCUT2D eigenvalue weighted by atomic mass is 79.9. The second kappa shape index (κ2) is 7.70. The zero-order valence-electron chi connectivity index (χ0n) is 13.9. The molecule has 3 rings (SSSR count). The van der Waals surface area contributed by atoms with E-state index in [0.29, 0.717) is 24.5 Å². The van der Waals surface area contributed by atoms with Gasteiger partial charge < -0.3 is 15.0 Å². The summed E-state index contributed by atoms with van der Waals surface area (Å²) in [4.78, 5) is 26.2. The van der Waals surface area contributed by atoms with E-state index in [4.69, 9.17) is 4.74 Å². The Kier molecular flexibility index (Phi) is 5.38. The maximum atomic E-state index is 12.4. The summed E-state index contributed by atoms with van der Waals surface area (Å²) in [7, 11) is 0. The van der Waals surface area contributed by atoms with Crippen molar-refractivity contribution in [2.75, 3.05) is 11.4 Å². The van der Waals surface area contributed by atoms with Crippen molar-refractivity contribution in [3.05, 3.63) is 58.6 Å². The highest BCUT2D eigenvalue weighted by molar-refractivity contribution is 9.10. The zero-order chi connectivity index (χ0) is 17.8. The molecule has 25 heavy (non-hydrogen) atoms. The number of halogens is 1. The smallest absolute Gasteiger partial charge is 0.267 e. The van der Waals surface area contributed by atoms with Crippen LogP contribution in [-0.4, -0.2) is 24.5 Å². The molecule has 2 aromatic carbocycles. The third-order valence-corrected chi connectivity index (χ3v) is 4.51. The monoisotopic (exact) mass is 402 g/mol. The molecular weight excluding hydrogens is 384 g/mol. The van der Waals surface area contributed by atoms with Gasteiger partial charge in [-0.1, -0.05) is 40.2 Å². The van der Waals surface area contributed by atoms with E-state index < -0.39 is 6.10 Å². The number of nitrogens with one attached hydrogen (secondary N) is 1. The van der Waals surface area contributed by atoms with Crippen LogP contribution in [0.4, 0.5) is 5.69 Å². The van der Waals surface area contributed by atoms with Crippen molar-refractivity contribution in [2.24, 2.45) is 0 Å². The molecule has 0 saturated heterocycles. The van der Waals surface area contributed by atoms with E-state index in [1.165, 1.54) is 0 Å². The number of ether oxygens (including phenoxy) is 1. The number of rotatable bonds is 5. The van der Waals surface area contributed by atoms with Crippen LogP contribution >= 0.6 is 15.9 Å². The first kappa shape index (κ1) is 17.5. The van der Waals surface area contributed by atoms with Crippen molar-refractivity contribution < 1.29 is 14.3 Å². The zero-order valence-corrected chi connectivity index (χ0v) is 15.5. The third kappa shape index (κ3) is 4.20. The maximum absolute atomic E-state index is 12.4. The highest BCUT2D eigenvalue weighted by Gasteiger charge is 2.31. The Morgan fingerprint density at radius 3 is 2.84 bits per heavy atom. The molecule has 1 heterocycles. The van der Waals surface area contributed by atoms with Crippen molar-refractivity contribution in [2.45, 2.75) is 26.0 Å². The average Bonchev–Trinajstić information content (AvgIpc) is 2.60. The molecule has 1 aliphatic rings. The normalized spacial score (nSPS) is 16.2. The first-order valence-electron chi connectivity index (χ1n) is 8.13. The van der Waals surface area contributed by atoms with Gasteiger partial charge in [0, 0.05) is 24.0 Å². The lowest BCUT2D eigenvalue weighted by molar-refractivity contribution is -0.125. The van der Waals surface area contributed by atoms with Crippen molar-refractivity contribution in [3.8, 4) is 5.75 Å². The number of hydrogen-bond donors (Lipinski definition) is 1. The summed E-state index contributed by atoms with van der Waals surface area (Å²) in [5.74, 6) is 0.451. The summed E-state index contributed by atoms with van der Waals surface area (Å²) < 4.78 is 6.58. The van der Waals surface area contributed by atoms with E-state index in [0.717, 1.165) is 10.0 Å². The Labute approximate surface area is 155 Å². The minimum absolute atomic E-state index is 0.0931. The quantitative estimate of drug-likeness (QED) is 0.834. The molecule has 0 aliphatic carbocycles. The summed E-state index contributed by atoms with van der Waals surface area (Å²) in [6, 6.07) is 15.2. The first-order valence-corrected chi connectivity index (χ1v) is 8.92. The average molecular weight is 403 g/mol. The lowest BCUT2D eigenvalue weighted by atomic mass is 10.1. The Bertz CT molecular complexity index is 794. The van der Waals surface area contributed by atoms with Crippen LogP contribution in [-0.2, 0) is 16.1 Å². The Morgan fingerprint density at radius 1 is 1.24 bits per heavy atom. The predicted molar refractivity (Wildman–Crippen MR) is 99.5 cm³/mol. The fourth-order valence-electron chi connectivity index (χ4n) is 2.74. The number of fused-ring (bicyclic) bond motifs is 1. The molecule has 2 amide bonds. The fraction of sp³-hybridized carbons (Fsp3) is 0.263. The van der Waals surface area contributed by atoms with Crippen LogP contribution in [0.5, 0.6) is 5.75 Å². The Balaban J connectivity index is 1.59. The number of amides is 2. The van der Waals surface area contributed by atoms with E-state index in [2.05, 4.69) is 21.2 Å². The lowest BCUT2D eigenvalue weighted by Crippen LogP contribution is -2.45. The molecule has 0 bridgehead atoms. The van der Waals surface area contributed by atoms with E-state index >= 15 is 0 Å². The van der Waals surface area contributed by atoms with Gasteiger partial charge in [-0.25, -0.2) is 0 Å². The molecule has 0 radical (unpaired) electrons. The number of hydrogen-bond acceptors (Lipinski definition) is 3. The van der Waals surface area contributed by atoms with E-state index in [1.54, 1.807) is 11.8 Å². The van der Waals surface area contributed by atoms with Gasteiger partial charge in [-0.15, -0.1) is 0 Å². The number of carbonyl (C=O) groups is 2. The molecule has 2 aromatic rings. The predicted octanol–water partition coefficient (Wildman–Crippen LogP) is 3.27. The van der Waals surface area contributed by atoms with Gasteiger partial charge in [0.05, 0.1) is 5.69 Å². The van der Waals surface area contributed by atoms with E-state index in [9.17, 15) is 9.59 Å². The number of carbonyl (C=O) groups excluding carboxylic acids is 2. The highest BCUT2D eigenvalue weighted by Crippen LogP contribution is 2.33. The van der Waals surface area contributed by atoms with Gasteiger partial charge in [-0.3, -0.25) is 9.59 Å². The molecule has 0 saturated carbocycles. The summed E-state index contributed by atoms with van der Waals surface area (Å²) in [6.07, 6.45) is -0.305. The molecule has 1 aliphatic heterocycles. The molecule has 6 heteroatoms. The molecule has 0 fully saturated rings. The lowest BCUT2D eigenvalue weighted by Gasteiger charge is -2.32. The molecule has 1 atom stereocenters. The van der Waals surface area contributed by atoms with Crippen LogP contribution in [0.3, 0.4) is 0 Å². The van der Waals surface area contributed by atoms with E-state index in [1.807, 2.05) is 48.5 Å². The number of anilines is 1. The number of benzene rings is 2. The summed E-state index contributed by atoms with van der Waals surface area (Å²) in [6.45, 7) is 2.51. The summed E-state index contributed by atoms with van der Waals surface area (Å²) >= 11 is 3.41. The number of para-hydroxylation sites is 2. The molecular formula is C19H19BrN2O3. The van der Waals surface area contributed by atoms with Crippen molar-refractivity contribution in [1.29, 1.82) is 0 Å². The summed E-state index contributed by atoms with van der Waals surface area (Å²) in [5.41, 5.74) is 1.73. The van der Waals surface area contributed by atoms with Gasteiger partial charge in [0.15, 0.2) is 6.10 Å². The van der Waals surface area contributed by atoms with Crippen LogP contribution in [0.25, 0.3) is 0 Å². The molecule has 130 valence electrons. The largest absolute Gasteiger partial charge is 0.479 e. The molecule has 1 N–H and O–H groups in total. The van der Waals surface area contributed by atoms with Crippen molar-refractivity contribution >= 4 is 33.4 Å². The van der Waals surface area contributed by atoms with Gasteiger partial charge in [-0.2, -0.15) is 0 Å². The minimum Gasteiger partial charge on any atom is -0.479 e. The van der Waals surface area contributed by atoms with Crippen molar-refractivity contribution in [1.82, 2.24) is 5.32 Å². The van der Waals surface area contributed by atoms with Crippen molar-refractivity contribution in [3.63, 3.8) is 0 Å². The third-order valence-electron chi connectivity index (χ3n) is 4.01. The standard InChI is InChI=1S/C19H19BrN2O3/c1-13-19(24)22(16-7-2-3-8-17(16)25-13)10-9-18(23)21-12-14-5-4-6-15(20)11-14/h2-8,11,13H,9-10,12H2,1H3,(H,21,23)/t13-/m0/s1. The van der Waals surface area contributed by atoms with Crippen LogP contribution < -0.4 is 15.0 Å². The minimum atomic E-state index is -0.542. The van der Waals surface area contributed by atoms with Crippen LogP contribution in [0.2, 0.25) is 0 Å². The number of nitrogens with zero attached hydrogens (tertiary/aromatic N) is 1. The molecule has 0 aromatic heterocycles. The first-order chi connectivity index (χ1) is 12.0. The Hall–Kier alpha value is -2.34.